The van der Waals surface area contributed by atoms with Gasteiger partial charge in [0.25, 0.3) is 11.6 Å². The SMILES string of the molecule is CC(C)n1cc([N+](=O)[O-])cc1C(=O)NCC1(CO)CC1. The minimum Gasteiger partial charge on any atom is -0.396 e. The van der Waals surface area contributed by atoms with Crippen LogP contribution in [0.4, 0.5) is 5.69 Å². The predicted octanol–water partition coefficient (Wildman–Crippen LogP) is 1.48. The Kier molecular flexibility index (Phi) is 3.80. The number of amides is 1. The molecule has 1 aromatic rings. The van der Waals surface area contributed by atoms with Crippen LogP contribution >= 0.6 is 0 Å². The largest absolute Gasteiger partial charge is 0.396 e. The van der Waals surface area contributed by atoms with Crippen LogP contribution in [0.25, 0.3) is 0 Å². The highest BCUT2D eigenvalue weighted by Gasteiger charge is 2.42. The summed E-state index contributed by atoms with van der Waals surface area (Å²) in [6.45, 7) is 4.17. The zero-order valence-electron chi connectivity index (χ0n) is 11.6. The fraction of sp³-hybridized carbons (Fsp3) is 0.615. The zero-order chi connectivity index (χ0) is 14.9. The maximum Gasteiger partial charge on any atom is 0.287 e. The fourth-order valence-electron chi connectivity index (χ4n) is 2.10. The molecule has 7 heteroatoms. The van der Waals surface area contributed by atoms with Crippen molar-refractivity contribution in [3.63, 3.8) is 0 Å². The molecule has 0 spiro atoms. The molecule has 0 aliphatic heterocycles. The number of hydrogen-bond acceptors (Lipinski definition) is 4. The van der Waals surface area contributed by atoms with Gasteiger partial charge >= 0.3 is 0 Å². The molecular formula is C13H19N3O4. The topological polar surface area (TPSA) is 97.4 Å². The summed E-state index contributed by atoms with van der Waals surface area (Å²) >= 11 is 0. The second kappa shape index (κ2) is 5.24. The minimum atomic E-state index is -0.508. The summed E-state index contributed by atoms with van der Waals surface area (Å²) < 4.78 is 1.59. The van der Waals surface area contributed by atoms with Crippen molar-refractivity contribution in [1.29, 1.82) is 0 Å². The predicted molar refractivity (Wildman–Crippen MR) is 72.6 cm³/mol. The molecule has 2 N–H and O–H groups in total. The second-order valence-electron chi connectivity index (χ2n) is 5.68. The molecule has 1 fully saturated rings. The maximum absolute atomic E-state index is 12.2. The number of nitro groups is 1. The van der Waals surface area contributed by atoms with Gasteiger partial charge in [-0.25, -0.2) is 0 Å². The van der Waals surface area contributed by atoms with Gasteiger partial charge in [-0.15, -0.1) is 0 Å². The van der Waals surface area contributed by atoms with Gasteiger partial charge in [0.05, 0.1) is 17.7 Å². The molecule has 1 heterocycles. The first kappa shape index (κ1) is 14.5. The molecule has 0 saturated heterocycles. The van der Waals surface area contributed by atoms with Gasteiger partial charge in [-0.3, -0.25) is 14.9 Å². The lowest BCUT2D eigenvalue weighted by Crippen LogP contribution is -2.33. The normalized spacial score (nSPS) is 16.2. The Morgan fingerprint density at radius 2 is 2.25 bits per heavy atom. The van der Waals surface area contributed by atoms with Gasteiger partial charge in [-0.05, 0) is 26.7 Å². The lowest BCUT2D eigenvalue weighted by molar-refractivity contribution is -0.384. The first-order valence-corrected chi connectivity index (χ1v) is 6.64. The molecule has 7 nitrogen and oxygen atoms in total. The lowest BCUT2D eigenvalue weighted by atomic mass is 10.1. The van der Waals surface area contributed by atoms with Crippen molar-refractivity contribution in [3.05, 3.63) is 28.1 Å². The fourth-order valence-corrected chi connectivity index (χ4v) is 2.10. The van der Waals surface area contributed by atoms with Gasteiger partial charge in [0.15, 0.2) is 0 Å². The van der Waals surface area contributed by atoms with Gasteiger partial charge in [0.1, 0.15) is 5.69 Å². The Balaban J connectivity index is 2.13. The number of carbonyl (C=O) groups excluding carboxylic acids is 1. The van der Waals surface area contributed by atoms with Gasteiger partial charge in [-0.1, -0.05) is 0 Å². The first-order valence-electron chi connectivity index (χ1n) is 6.64. The van der Waals surface area contributed by atoms with E-state index in [-0.39, 0.29) is 35.4 Å². The van der Waals surface area contributed by atoms with E-state index < -0.39 is 4.92 Å². The van der Waals surface area contributed by atoms with Crippen LogP contribution in [0, 0.1) is 15.5 Å². The number of carbonyl (C=O) groups is 1. The molecule has 110 valence electrons. The van der Waals surface area contributed by atoms with Gasteiger partial charge in [0, 0.05) is 24.1 Å². The average molecular weight is 281 g/mol. The standard InChI is InChI=1S/C13H19N3O4/c1-9(2)15-6-10(16(19)20)5-11(15)12(18)14-7-13(8-17)3-4-13/h5-6,9,17H,3-4,7-8H2,1-2H3,(H,14,18). The first-order chi connectivity index (χ1) is 9.38. The Hall–Kier alpha value is -1.89. The second-order valence-corrected chi connectivity index (χ2v) is 5.68. The Morgan fingerprint density at radius 1 is 1.60 bits per heavy atom. The summed E-state index contributed by atoms with van der Waals surface area (Å²) in [7, 11) is 0. The average Bonchev–Trinajstić information content (AvgIpc) is 3.03. The van der Waals surface area contributed by atoms with Crippen molar-refractivity contribution in [2.75, 3.05) is 13.2 Å². The molecule has 2 rings (SSSR count). The number of aliphatic hydroxyl groups excluding tert-OH is 1. The Morgan fingerprint density at radius 3 is 2.70 bits per heavy atom. The monoisotopic (exact) mass is 281 g/mol. The highest BCUT2D eigenvalue weighted by atomic mass is 16.6. The van der Waals surface area contributed by atoms with E-state index in [2.05, 4.69) is 5.32 Å². The van der Waals surface area contributed by atoms with Crippen LogP contribution in [-0.4, -0.2) is 33.7 Å². The minimum absolute atomic E-state index is 0.0443. The third-order valence-electron chi connectivity index (χ3n) is 3.75. The molecule has 1 aliphatic carbocycles. The van der Waals surface area contributed by atoms with E-state index >= 15 is 0 Å². The molecule has 1 saturated carbocycles. The molecule has 20 heavy (non-hydrogen) atoms. The van der Waals surface area contributed by atoms with E-state index in [0.29, 0.717) is 6.54 Å². The number of aromatic nitrogens is 1. The van der Waals surface area contributed by atoms with Crippen LogP contribution in [0.3, 0.4) is 0 Å². The van der Waals surface area contributed by atoms with E-state index in [9.17, 15) is 20.0 Å². The lowest BCUT2D eigenvalue weighted by Gasteiger charge is -2.15. The van der Waals surface area contributed by atoms with Crippen LogP contribution in [0.15, 0.2) is 12.3 Å². The van der Waals surface area contributed by atoms with Crippen molar-refractivity contribution in [3.8, 4) is 0 Å². The quantitative estimate of drug-likeness (QED) is 0.609. The van der Waals surface area contributed by atoms with Crippen molar-refractivity contribution in [2.24, 2.45) is 5.41 Å². The highest BCUT2D eigenvalue weighted by molar-refractivity contribution is 5.93. The van der Waals surface area contributed by atoms with Crippen molar-refractivity contribution in [2.45, 2.75) is 32.7 Å². The van der Waals surface area contributed by atoms with Gasteiger partial charge in [-0.2, -0.15) is 0 Å². The summed E-state index contributed by atoms with van der Waals surface area (Å²) in [6, 6.07) is 1.24. The molecule has 1 amide bonds. The van der Waals surface area contributed by atoms with Crippen LogP contribution in [0.2, 0.25) is 0 Å². The van der Waals surface area contributed by atoms with E-state index in [1.165, 1.54) is 12.3 Å². The summed E-state index contributed by atoms with van der Waals surface area (Å²) in [5, 5.41) is 22.8. The van der Waals surface area contributed by atoms with Gasteiger partial charge in [0.2, 0.25) is 0 Å². The van der Waals surface area contributed by atoms with Gasteiger partial charge < -0.3 is 15.0 Å². The summed E-state index contributed by atoms with van der Waals surface area (Å²) in [5.74, 6) is -0.341. The van der Waals surface area contributed by atoms with Crippen molar-refractivity contribution < 1.29 is 14.8 Å². The van der Waals surface area contributed by atoms with Crippen LogP contribution in [0.5, 0.6) is 0 Å². The number of hydrogen-bond donors (Lipinski definition) is 2. The van der Waals surface area contributed by atoms with E-state index in [0.717, 1.165) is 12.8 Å². The molecule has 0 atom stereocenters. The number of rotatable bonds is 6. The molecule has 0 unspecified atom stereocenters. The molecular weight excluding hydrogens is 262 g/mol. The number of aliphatic hydroxyl groups is 1. The molecule has 0 radical (unpaired) electrons. The third-order valence-corrected chi connectivity index (χ3v) is 3.75. The maximum atomic E-state index is 12.2. The summed E-state index contributed by atoms with van der Waals surface area (Å²) in [4.78, 5) is 22.5. The Labute approximate surface area is 116 Å². The highest BCUT2D eigenvalue weighted by Crippen LogP contribution is 2.44. The van der Waals surface area contributed by atoms with E-state index in [4.69, 9.17) is 0 Å². The van der Waals surface area contributed by atoms with Crippen LogP contribution < -0.4 is 5.32 Å². The molecule has 0 bridgehead atoms. The van der Waals surface area contributed by atoms with E-state index in [1.54, 1.807) is 4.57 Å². The molecule has 1 aliphatic rings. The van der Waals surface area contributed by atoms with Crippen molar-refractivity contribution in [1.82, 2.24) is 9.88 Å². The third kappa shape index (κ3) is 2.82. The van der Waals surface area contributed by atoms with Crippen molar-refractivity contribution >= 4 is 11.6 Å². The van der Waals surface area contributed by atoms with Crippen LogP contribution in [0.1, 0.15) is 43.2 Å². The molecule has 1 aromatic heterocycles. The summed E-state index contributed by atoms with van der Waals surface area (Å²) in [5.41, 5.74) is 0.00389. The van der Waals surface area contributed by atoms with Crippen LogP contribution in [-0.2, 0) is 0 Å². The van der Waals surface area contributed by atoms with E-state index in [1.807, 2.05) is 13.8 Å². The zero-order valence-corrected chi connectivity index (χ0v) is 11.6. The number of nitrogens with zero attached hydrogens (tertiary/aromatic N) is 2. The smallest absolute Gasteiger partial charge is 0.287 e. The molecule has 0 aromatic carbocycles. The summed E-state index contributed by atoms with van der Waals surface area (Å²) in [6.07, 6.45) is 3.17. The Bertz CT molecular complexity index is 532. The number of nitrogens with one attached hydrogen (secondary N) is 1.